The van der Waals surface area contributed by atoms with E-state index in [9.17, 15) is 14.7 Å². The second-order valence-corrected chi connectivity index (χ2v) is 15.3. The van der Waals surface area contributed by atoms with Crippen molar-refractivity contribution in [3.8, 4) is 0 Å². The third-order valence-corrected chi connectivity index (χ3v) is 12.9. The Hall–Kier alpha value is -2.32. The summed E-state index contributed by atoms with van der Waals surface area (Å²) in [5, 5.41) is 13.6. The zero-order valence-electron chi connectivity index (χ0n) is 21.8. The summed E-state index contributed by atoms with van der Waals surface area (Å²) in [5.74, 6) is -1.97. The molecule has 3 atom stereocenters. The van der Waals surface area contributed by atoms with Crippen LogP contribution in [-0.2, 0) is 23.5 Å². The number of fused-ring (bicyclic) bond motifs is 1. The maximum atomic E-state index is 13.1. The maximum absolute atomic E-state index is 13.1. The summed E-state index contributed by atoms with van der Waals surface area (Å²) in [7, 11) is -2.79. The SMILES string of the molecule is CCOC(=O)CC[C@@]12C[C@@H](CO[Si](c3ccccc3)(c3ccccc3)C(C)(C)C)O[C@]1(O)CCC2=O. The molecule has 0 aromatic heterocycles. The average Bonchev–Trinajstić information content (AvgIpc) is 3.27. The van der Waals surface area contributed by atoms with Gasteiger partial charge in [-0.15, -0.1) is 0 Å². The van der Waals surface area contributed by atoms with Crippen LogP contribution >= 0.6 is 0 Å². The zero-order valence-corrected chi connectivity index (χ0v) is 22.8. The molecule has 2 aromatic carbocycles. The highest BCUT2D eigenvalue weighted by atomic mass is 28.4. The van der Waals surface area contributed by atoms with Crippen LogP contribution in [0.4, 0.5) is 0 Å². The van der Waals surface area contributed by atoms with Crippen LogP contribution in [0, 0.1) is 5.41 Å². The Bertz CT molecular complexity index is 1030. The van der Waals surface area contributed by atoms with Crippen LogP contribution < -0.4 is 10.4 Å². The number of hydrogen-bond donors (Lipinski definition) is 1. The Morgan fingerprint density at radius 1 is 1.08 bits per heavy atom. The minimum Gasteiger partial charge on any atom is -0.466 e. The van der Waals surface area contributed by atoms with E-state index in [1.165, 1.54) is 0 Å². The predicted octanol–water partition coefficient (Wildman–Crippen LogP) is 3.73. The van der Waals surface area contributed by atoms with Gasteiger partial charge in [0.25, 0.3) is 8.32 Å². The molecule has 194 valence electrons. The van der Waals surface area contributed by atoms with Crippen LogP contribution in [0.2, 0.25) is 5.04 Å². The Balaban J connectivity index is 1.63. The number of benzene rings is 2. The van der Waals surface area contributed by atoms with Gasteiger partial charge in [0.1, 0.15) is 5.78 Å². The number of carbonyl (C=O) groups is 2. The van der Waals surface area contributed by atoms with Gasteiger partial charge in [-0.1, -0.05) is 81.4 Å². The van der Waals surface area contributed by atoms with Gasteiger partial charge in [-0.25, -0.2) is 0 Å². The fraction of sp³-hybridized carbons (Fsp3) is 0.517. The van der Waals surface area contributed by atoms with Crippen LogP contribution in [-0.4, -0.2) is 50.3 Å². The molecule has 1 saturated carbocycles. The molecule has 1 N–H and O–H groups in total. The molecule has 1 aliphatic carbocycles. The summed E-state index contributed by atoms with van der Waals surface area (Å²) >= 11 is 0. The standard InChI is InChI=1S/C29H38O6Si/c1-5-33-26(31)17-18-28-20-22(35-29(28,32)19-16-25(28)30)21-34-36(27(2,3)4,23-12-8-6-9-13-23)24-14-10-7-11-15-24/h6-15,22,32H,5,16-21H2,1-4H3/t22-,28-,29+/m0/s1. The fourth-order valence-corrected chi connectivity index (χ4v) is 10.8. The molecule has 1 aliphatic heterocycles. The summed E-state index contributed by atoms with van der Waals surface area (Å²) < 4.78 is 18.3. The van der Waals surface area contributed by atoms with Crippen LogP contribution in [0.3, 0.4) is 0 Å². The Morgan fingerprint density at radius 3 is 2.19 bits per heavy atom. The molecule has 7 heteroatoms. The molecule has 1 saturated heterocycles. The number of esters is 1. The summed E-state index contributed by atoms with van der Waals surface area (Å²) in [5.41, 5.74) is -1.10. The largest absolute Gasteiger partial charge is 0.466 e. The zero-order chi connectivity index (χ0) is 26.0. The first-order chi connectivity index (χ1) is 17.1. The second kappa shape index (κ2) is 10.2. The van der Waals surface area contributed by atoms with Gasteiger partial charge in [-0.3, -0.25) is 9.59 Å². The van der Waals surface area contributed by atoms with E-state index in [4.69, 9.17) is 13.9 Å². The molecule has 2 fully saturated rings. The molecule has 0 bridgehead atoms. The van der Waals surface area contributed by atoms with Crippen molar-refractivity contribution in [2.75, 3.05) is 13.2 Å². The van der Waals surface area contributed by atoms with E-state index < -0.39 is 25.6 Å². The lowest BCUT2D eigenvalue weighted by atomic mass is 9.74. The van der Waals surface area contributed by atoms with Crippen molar-refractivity contribution in [1.29, 1.82) is 0 Å². The van der Waals surface area contributed by atoms with E-state index in [1.54, 1.807) is 6.92 Å². The molecule has 36 heavy (non-hydrogen) atoms. The van der Waals surface area contributed by atoms with Gasteiger partial charge in [0.15, 0.2) is 5.79 Å². The van der Waals surface area contributed by atoms with Crippen molar-refractivity contribution in [3.63, 3.8) is 0 Å². The summed E-state index contributed by atoms with van der Waals surface area (Å²) in [6.45, 7) is 8.92. The van der Waals surface area contributed by atoms with Crippen LogP contribution in [0.25, 0.3) is 0 Å². The van der Waals surface area contributed by atoms with E-state index in [0.29, 0.717) is 6.42 Å². The lowest BCUT2D eigenvalue weighted by Gasteiger charge is -2.43. The molecule has 0 radical (unpaired) electrons. The summed E-state index contributed by atoms with van der Waals surface area (Å²) in [6.07, 6.45) is 0.666. The van der Waals surface area contributed by atoms with Crippen LogP contribution in [0.1, 0.15) is 59.8 Å². The number of hydrogen-bond acceptors (Lipinski definition) is 6. The van der Waals surface area contributed by atoms with E-state index in [1.807, 2.05) is 36.4 Å². The molecule has 2 aromatic rings. The number of carbonyl (C=O) groups excluding carboxylic acids is 2. The van der Waals surface area contributed by atoms with Crippen LogP contribution in [0.15, 0.2) is 60.7 Å². The highest BCUT2D eigenvalue weighted by Gasteiger charge is 2.66. The maximum Gasteiger partial charge on any atom is 0.305 e. The van der Waals surface area contributed by atoms with Crippen molar-refractivity contribution < 1.29 is 28.6 Å². The predicted molar refractivity (Wildman–Crippen MR) is 141 cm³/mol. The van der Waals surface area contributed by atoms with Gasteiger partial charge in [0.2, 0.25) is 0 Å². The normalized spacial score (nSPS) is 26.1. The van der Waals surface area contributed by atoms with Crippen molar-refractivity contribution >= 4 is 30.4 Å². The Morgan fingerprint density at radius 2 is 1.67 bits per heavy atom. The lowest BCUT2D eigenvalue weighted by molar-refractivity contribution is -0.228. The number of ether oxygens (including phenoxy) is 2. The Kier molecular flexibility index (Phi) is 7.58. The minimum atomic E-state index is -2.79. The average molecular weight is 511 g/mol. The number of aliphatic hydroxyl groups is 1. The highest BCUT2D eigenvalue weighted by Crippen LogP contribution is 2.56. The number of Topliss-reactive ketones (excluding diaryl/α,β-unsaturated/α-hetero) is 1. The third-order valence-electron chi connectivity index (χ3n) is 7.87. The summed E-state index contributed by atoms with van der Waals surface area (Å²) in [6, 6.07) is 20.7. The molecule has 4 rings (SSSR count). The van der Waals surface area contributed by atoms with E-state index in [2.05, 4.69) is 45.0 Å². The first kappa shape index (κ1) is 26.7. The summed E-state index contributed by atoms with van der Waals surface area (Å²) in [4.78, 5) is 25.2. The fourth-order valence-electron chi connectivity index (χ4n) is 6.19. The lowest BCUT2D eigenvalue weighted by Crippen LogP contribution is -2.67. The first-order valence-corrected chi connectivity index (χ1v) is 14.8. The highest BCUT2D eigenvalue weighted by molar-refractivity contribution is 6.99. The van der Waals surface area contributed by atoms with Gasteiger partial charge < -0.3 is 19.0 Å². The van der Waals surface area contributed by atoms with Crippen molar-refractivity contribution in [3.05, 3.63) is 60.7 Å². The van der Waals surface area contributed by atoms with Gasteiger partial charge >= 0.3 is 5.97 Å². The van der Waals surface area contributed by atoms with E-state index in [-0.39, 0.29) is 55.7 Å². The number of rotatable bonds is 9. The second-order valence-electron chi connectivity index (χ2n) is 11.0. The molecule has 0 spiro atoms. The molecular weight excluding hydrogens is 472 g/mol. The molecular formula is C29H38O6Si. The molecule has 6 nitrogen and oxygen atoms in total. The minimum absolute atomic E-state index is 0.0396. The Labute approximate surface area is 215 Å². The monoisotopic (exact) mass is 510 g/mol. The smallest absolute Gasteiger partial charge is 0.305 e. The van der Waals surface area contributed by atoms with Gasteiger partial charge in [0, 0.05) is 19.3 Å². The van der Waals surface area contributed by atoms with E-state index in [0.717, 1.165) is 10.4 Å². The quantitative estimate of drug-likeness (QED) is 0.409. The van der Waals surface area contributed by atoms with Gasteiger partial charge in [-0.05, 0) is 35.2 Å². The van der Waals surface area contributed by atoms with Gasteiger partial charge in [-0.2, -0.15) is 0 Å². The first-order valence-electron chi connectivity index (χ1n) is 12.9. The molecule has 0 unspecified atom stereocenters. The van der Waals surface area contributed by atoms with Gasteiger partial charge in [0.05, 0.1) is 24.7 Å². The number of ketones is 1. The van der Waals surface area contributed by atoms with Crippen molar-refractivity contribution in [1.82, 2.24) is 0 Å². The molecule has 0 amide bonds. The van der Waals surface area contributed by atoms with Crippen LogP contribution in [0.5, 0.6) is 0 Å². The van der Waals surface area contributed by atoms with E-state index >= 15 is 0 Å². The van der Waals surface area contributed by atoms with Crippen molar-refractivity contribution in [2.45, 2.75) is 76.7 Å². The van der Waals surface area contributed by atoms with Crippen molar-refractivity contribution in [2.24, 2.45) is 5.41 Å². The molecule has 1 heterocycles. The topological polar surface area (TPSA) is 82.1 Å². The third kappa shape index (κ3) is 4.58. The molecule has 2 aliphatic rings.